The molecule has 2 nitrogen and oxygen atoms in total. The highest BCUT2D eigenvalue weighted by Gasteiger charge is 2.37. The molecule has 3 fully saturated rings. The maximum absolute atomic E-state index is 3.14. The first-order valence-electron chi connectivity index (χ1n) is 8.84. The van der Waals surface area contributed by atoms with Crippen LogP contribution in [-0.2, 0) is 6.54 Å². The summed E-state index contributed by atoms with van der Waals surface area (Å²) in [5, 5.41) is 3.14. The van der Waals surface area contributed by atoms with Gasteiger partial charge in [0, 0.05) is 19.3 Å². The number of nitrogens with zero attached hydrogens (tertiary/aromatic N) is 1. The molecule has 3 aliphatic rings. The monoisotopic (exact) mass is 286 g/mol. The molecule has 0 unspecified atom stereocenters. The first kappa shape index (κ1) is 14.9. The Kier molecular flexibility index (Phi) is 5.18. The molecule has 4 rings (SSSR count). The predicted molar refractivity (Wildman–Crippen MR) is 90.6 cm³/mol. The topological polar surface area (TPSA) is 15.3 Å². The third kappa shape index (κ3) is 4.00. The van der Waals surface area contributed by atoms with Crippen molar-refractivity contribution < 1.29 is 0 Å². The van der Waals surface area contributed by atoms with Gasteiger partial charge in [0.15, 0.2) is 0 Å². The molecule has 0 aromatic heterocycles. The molecule has 0 atom stereocenters. The lowest BCUT2D eigenvalue weighted by Gasteiger charge is -2.46. The summed E-state index contributed by atoms with van der Waals surface area (Å²) in [7, 11) is 1.96. The molecular weight excluding hydrogens is 256 g/mol. The SMILES string of the molecule is C1CC2CCC12.CNc1ccc(CN2CCCCC2)cc1. The number of piperidine rings is 1. The smallest absolute Gasteiger partial charge is 0.0337 e. The third-order valence-corrected chi connectivity index (χ3v) is 5.58. The predicted octanol–water partition coefficient (Wildman–Crippen LogP) is 4.52. The van der Waals surface area contributed by atoms with Gasteiger partial charge in [-0.3, -0.25) is 4.90 Å². The van der Waals surface area contributed by atoms with Crippen molar-refractivity contribution in [3.63, 3.8) is 0 Å². The fourth-order valence-electron chi connectivity index (χ4n) is 3.72. The van der Waals surface area contributed by atoms with Crippen molar-refractivity contribution in [2.24, 2.45) is 11.8 Å². The summed E-state index contributed by atoms with van der Waals surface area (Å²) in [6.07, 6.45) is 10.4. The minimum absolute atomic E-state index is 1.12. The Balaban J connectivity index is 0.000000180. The maximum atomic E-state index is 3.14. The Morgan fingerprint density at radius 1 is 0.905 bits per heavy atom. The van der Waals surface area contributed by atoms with Crippen LogP contribution in [-0.4, -0.2) is 25.0 Å². The fraction of sp³-hybridized carbons (Fsp3) is 0.684. The quantitative estimate of drug-likeness (QED) is 0.879. The van der Waals surface area contributed by atoms with Gasteiger partial charge >= 0.3 is 0 Å². The van der Waals surface area contributed by atoms with E-state index in [-0.39, 0.29) is 0 Å². The van der Waals surface area contributed by atoms with Crippen LogP contribution < -0.4 is 5.32 Å². The Hall–Kier alpha value is -1.02. The highest BCUT2D eigenvalue weighted by molar-refractivity contribution is 5.43. The van der Waals surface area contributed by atoms with Crippen LogP contribution in [0.25, 0.3) is 0 Å². The number of fused-ring (bicyclic) bond motifs is 1. The van der Waals surface area contributed by atoms with Crippen molar-refractivity contribution in [1.29, 1.82) is 0 Å². The van der Waals surface area contributed by atoms with Crippen LogP contribution in [0.5, 0.6) is 0 Å². The van der Waals surface area contributed by atoms with Crippen LogP contribution in [0.3, 0.4) is 0 Å². The zero-order valence-corrected chi connectivity index (χ0v) is 13.5. The van der Waals surface area contributed by atoms with Gasteiger partial charge in [-0.15, -0.1) is 0 Å². The average molecular weight is 286 g/mol. The molecule has 1 N–H and O–H groups in total. The van der Waals surface area contributed by atoms with Gasteiger partial charge in [-0.05, 0) is 81.1 Å². The lowest BCUT2D eigenvalue weighted by molar-refractivity contribution is 0.0548. The number of hydrogen-bond donors (Lipinski definition) is 1. The Morgan fingerprint density at radius 3 is 1.90 bits per heavy atom. The minimum Gasteiger partial charge on any atom is -0.388 e. The fourth-order valence-corrected chi connectivity index (χ4v) is 3.72. The van der Waals surface area contributed by atoms with E-state index in [1.54, 1.807) is 25.7 Å². The molecule has 2 saturated carbocycles. The lowest BCUT2D eigenvalue weighted by Crippen LogP contribution is -2.34. The summed E-state index contributed by atoms with van der Waals surface area (Å²) in [4.78, 5) is 2.55. The van der Waals surface area contributed by atoms with Crippen molar-refractivity contribution in [1.82, 2.24) is 4.90 Å². The van der Waals surface area contributed by atoms with E-state index in [0.717, 1.165) is 6.54 Å². The largest absolute Gasteiger partial charge is 0.388 e. The summed E-state index contributed by atoms with van der Waals surface area (Å²) in [5.74, 6) is 2.43. The zero-order chi connectivity index (χ0) is 14.5. The van der Waals surface area contributed by atoms with Crippen LogP contribution in [0.2, 0.25) is 0 Å². The normalized spacial score (nSPS) is 27.5. The standard InChI is InChI=1S/C13H20N2.C6H10/c1-14-13-7-5-12(6-8-13)11-15-9-3-2-4-10-15;1-2-6-4-3-5(1)6/h5-8,14H,2-4,9-11H2,1H3;5-6H,1-4H2. The molecule has 2 heteroatoms. The number of benzene rings is 1. The van der Waals surface area contributed by atoms with Gasteiger partial charge in [0.25, 0.3) is 0 Å². The summed E-state index contributed by atoms with van der Waals surface area (Å²) in [5.41, 5.74) is 2.62. The van der Waals surface area contributed by atoms with Crippen molar-refractivity contribution >= 4 is 5.69 Å². The van der Waals surface area contributed by atoms with Gasteiger partial charge in [-0.2, -0.15) is 0 Å². The lowest BCUT2D eigenvalue weighted by atomic mass is 9.60. The molecule has 21 heavy (non-hydrogen) atoms. The van der Waals surface area contributed by atoms with Crippen molar-refractivity contribution in [3.8, 4) is 0 Å². The van der Waals surface area contributed by atoms with Crippen LogP contribution in [0.4, 0.5) is 5.69 Å². The third-order valence-electron chi connectivity index (χ3n) is 5.58. The van der Waals surface area contributed by atoms with Crippen LogP contribution in [0.15, 0.2) is 24.3 Å². The molecule has 0 amide bonds. The molecule has 1 aromatic rings. The molecule has 1 aromatic carbocycles. The minimum atomic E-state index is 1.12. The van der Waals surface area contributed by atoms with Crippen molar-refractivity contribution in [2.75, 3.05) is 25.5 Å². The second kappa shape index (κ2) is 7.31. The molecule has 1 aliphatic heterocycles. The zero-order valence-electron chi connectivity index (χ0n) is 13.5. The summed E-state index contributed by atoms with van der Waals surface area (Å²) in [6.45, 7) is 3.66. The highest BCUT2D eigenvalue weighted by Crippen LogP contribution is 2.49. The second-order valence-electron chi connectivity index (χ2n) is 6.96. The van der Waals surface area contributed by atoms with Gasteiger partial charge in [-0.1, -0.05) is 18.6 Å². The molecule has 2 aliphatic carbocycles. The van der Waals surface area contributed by atoms with E-state index >= 15 is 0 Å². The molecular formula is C19H30N2. The van der Waals surface area contributed by atoms with Crippen LogP contribution >= 0.6 is 0 Å². The first-order valence-corrected chi connectivity index (χ1v) is 8.84. The van der Waals surface area contributed by atoms with Crippen LogP contribution in [0.1, 0.15) is 50.5 Å². The Morgan fingerprint density at radius 2 is 1.48 bits per heavy atom. The van der Waals surface area contributed by atoms with E-state index in [1.807, 2.05) is 7.05 Å². The van der Waals surface area contributed by atoms with Gasteiger partial charge in [0.2, 0.25) is 0 Å². The molecule has 116 valence electrons. The summed E-state index contributed by atoms with van der Waals surface area (Å²) < 4.78 is 0. The molecule has 1 heterocycles. The molecule has 1 saturated heterocycles. The number of anilines is 1. The Labute approximate surface area is 129 Å². The second-order valence-corrected chi connectivity index (χ2v) is 6.96. The highest BCUT2D eigenvalue weighted by atomic mass is 15.1. The van der Waals surface area contributed by atoms with E-state index in [4.69, 9.17) is 0 Å². The van der Waals surface area contributed by atoms with E-state index in [0.29, 0.717) is 0 Å². The summed E-state index contributed by atoms with van der Waals surface area (Å²) >= 11 is 0. The first-order chi connectivity index (χ1) is 10.3. The average Bonchev–Trinajstić information content (AvgIpc) is 2.53. The van der Waals surface area contributed by atoms with Crippen molar-refractivity contribution in [3.05, 3.63) is 29.8 Å². The van der Waals surface area contributed by atoms with E-state index < -0.39 is 0 Å². The van der Waals surface area contributed by atoms with E-state index in [9.17, 15) is 0 Å². The molecule has 0 spiro atoms. The molecule has 0 bridgehead atoms. The number of rotatable bonds is 3. The number of hydrogen-bond acceptors (Lipinski definition) is 2. The summed E-state index contributed by atoms with van der Waals surface area (Å²) in [6, 6.07) is 8.75. The van der Waals surface area contributed by atoms with Gasteiger partial charge in [0.05, 0.1) is 0 Å². The number of likely N-dealkylation sites (tertiary alicyclic amines) is 1. The maximum Gasteiger partial charge on any atom is 0.0337 e. The van der Waals surface area contributed by atoms with Gasteiger partial charge in [-0.25, -0.2) is 0 Å². The van der Waals surface area contributed by atoms with Crippen molar-refractivity contribution in [2.45, 2.75) is 51.5 Å². The van der Waals surface area contributed by atoms with E-state index in [2.05, 4.69) is 34.5 Å². The number of nitrogens with one attached hydrogen (secondary N) is 1. The molecule has 0 radical (unpaired) electrons. The Bertz CT molecular complexity index is 402. The van der Waals surface area contributed by atoms with Gasteiger partial charge in [0.1, 0.15) is 0 Å². The van der Waals surface area contributed by atoms with Crippen LogP contribution in [0, 0.1) is 11.8 Å². The van der Waals surface area contributed by atoms with E-state index in [1.165, 1.54) is 55.4 Å². The van der Waals surface area contributed by atoms with Gasteiger partial charge < -0.3 is 5.32 Å².